The number of hydrogen-bond donors (Lipinski definition) is 3. The average molecular weight is 577 g/mol. The molecule has 194 valence electrons. The number of rotatable bonds is 6. The standard InChI is InChI=1S/C22H23BrF3N5O5/c1-11(29-18(33)17(32)28-2)9-21(10-27)3-5-22(6-4-21)16(30-31-20(34)36-22)12-7-15(35-19(25)26)14(24)8-13(12)23/h7-8,11,19H,3-6,9H2,1-2H3,(H,28,32)(H,29,33)(H,31,34)/t11-,21?,22?/m0/s1/i2D3. The minimum Gasteiger partial charge on any atom is -0.435 e. The Morgan fingerprint density at radius 1 is 1.36 bits per heavy atom. The monoisotopic (exact) mass is 576 g/mol. The smallest absolute Gasteiger partial charge is 0.428 e. The largest absolute Gasteiger partial charge is 0.435 e. The highest BCUT2D eigenvalue weighted by Gasteiger charge is 2.51. The van der Waals surface area contributed by atoms with Gasteiger partial charge in [-0.2, -0.15) is 19.1 Å². The Bertz CT molecular complexity index is 1230. The van der Waals surface area contributed by atoms with Crippen molar-refractivity contribution in [1.82, 2.24) is 16.1 Å². The highest BCUT2D eigenvalue weighted by Crippen LogP contribution is 2.48. The molecule has 1 heterocycles. The molecule has 0 bridgehead atoms. The van der Waals surface area contributed by atoms with Crippen molar-refractivity contribution < 1.29 is 41.1 Å². The lowest BCUT2D eigenvalue weighted by Gasteiger charge is -2.45. The topological polar surface area (TPSA) is 142 Å². The summed E-state index contributed by atoms with van der Waals surface area (Å²) in [5.41, 5.74) is -0.0543. The van der Waals surface area contributed by atoms with Gasteiger partial charge in [0.05, 0.1) is 11.5 Å². The Hall–Kier alpha value is -3.34. The molecule has 1 saturated carbocycles. The van der Waals surface area contributed by atoms with E-state index < -0.39 is 60.1 Å². The highest BCUT2D eigenvalue weighted by atomic mass is 79.9. The van der Waals surface area contributed by atoms with E-state index in [1.165, 1.54) is 0 Å². The first kappa shape index (κ1) is 23.1. The molecule has 1 fully saturated rings. The molecule has 1 spiro atoms. The van der Waals surface area contributed by atoms with Gasteiger partial charge in [0.25, 0.3) is 0 Å². The van der Waals surface area contributed by atoms with Crippen LogP contribution in [0.4, 0.5) is 18.0 Å². The Kier molecular flexibility index (Phi) is 6.88. The van der Waals surface area contributed by atoms with Gasteiger partial charge < -0.3 is 20.1 Å². The predicted molar refractivity (Wildman–Crippen MR) is 122 cm³/mol. The van der Waals surface area contributed by atoms with Crippen molar-refractivity contribution in [2.24, 2.45) is 10.5 Å². The molecule has 1 aromatic carbocycles. The van der Waals surface area contributed by atoms with Crippen molar-refractivity contribution in [3.8, 4) is 11.8 Å². The number of carbonyl (C=O) groups excluding carboxylic acids is 3. The van der Waals surface area contributed by atoms with Crippen molar-refractivity contribution in [1.29, 1.82) is 5.26 Å². The van der Waals surface area contributed by atoms with Gasteiger partial charge in [-0.15, -0.1) is 0 Å². The van der Waals surface area contributed by atoms with Gasteiger partial charge in [0.1, 0.15) is 5.71 Å². The van der Waals surface area contributed by atoms with Crippen molar-refractivity contribution in [2.45, 2.75) is 57.3 Å². The van der Waals surface area contributed by atoms with Gasteiger partial charge >= 0.3 is 24.5 Å². The number of benzene rings is 1. The van der Waals surface area contributed by atoms with Gasteiger partial charge in [-0.3, -0.25) is 9.59 Å². The summed E-state index contributed by atoms with van der Waals surface area (Å²) in [5.74, 6) is -4.33. The summed E-state index contributed by atoms with van der Waals surface area (Å²) in [7, 11) is 0. The maximum atomic E-state index is 14.2. The molecule has 3 amide bonds. The third-order valence-corrected chi connectivity index (χ3v) is 6.77. The van der Waals surface area contributed by atoms with Crippen LogP contribution in [-0.4, -0.2) is 48.8 Å². The number of ether oxygens (including phenoxy) is 2. The molecule has 1 atom stereocenters. The lowest BCUT2D eigenvalue weighted by Crippen LogP contribution is -2.54. The Morgan fingerprint density at radius 3 is 2.67 bits per heavy atom. The number of nitrogens with zero attached hydrogens (tertiary/aromatic N) is 2. The molecule has 1 aliphatic carbocycles. The summed E-state index contributed by atoms with van der Waals surface area (Å²) in [6.45, 7) is -4.60. The van der Waals surface area contributed by atoms with E-state index in [0.717, 1.165) is 12.1 Å². The number of nitrogens with one attached hydrogen (secondary N) is 3. The summed E-state index contributed by atoms with van der Waals surface area (Å²) in [5, 5.41) is 18.0. The zero-order valence-electron chi connectivity index (χ0n) is 21.8. The van der Waals surface area contributed by atoms with Gasteiger partial charge in [0, 0.05) is 27.2 Å². The summed E-state index contributed by atoms with van der Waals surface area (Å²) in [4.78, 5) is 36.0. The molecule has 0 aromatic heterocycles. The van der Waals surface area contributed by atoms with E-state index >= 15 is 0 Å². The molecule has 36 heavy (non-hydrogen) atoms. The number of halogens is 4. The van der Waals surface area contributed by atoms with E-state index in [-0.39, 0.29) is 47.9 Å². The first-order valence-electron chi connectivity index (χ1n) is 12.1. The molecule has 3 N–H and O–H groups in total. The number of amides is 3. The molecule has 2 aliphatic rings. The molecule has 3 rings (SSSR count). The fourth-order valence-corrected chi connectivity index (χ4v) is 4.97. The molecule has 0 unspecified atom stereocenters. The maximum Gasteiger partial charge on any atom is 0.428 e. The van der Waals surface area contributed by atoms with Crippen LogP contribution in [0.25, 0.3) is 0 Å². The summed E-state index contributed by atoms with van der Waals surface area (Å²) >= 11 is 3.18. The number of nitriles is 1. The molecular formula is C22H23BrF3N5O5. The minimum atomic E-state index is -3.29. The Balaban J connectivity index is 1.80. The maximum absolute atomic E-state index is 14.2. The van der Waals surface area contributed by atoms with E-state index in [1.54, 1.807) is 12.2 Å². The van der Waals surface area contributed by atoms with Crippen LogP contribution in [0.5, 0.6) is 5.75 Å². The fourth-order valence-electron chi connectivity index (χ4n) is 4.47. The van der Waals surface area contributed by atoms with Crippen LogP contribution in [0.15, 0.2) is 21.7 Å². The number of alkyl halides is 2. The van der Waals surface area contributed by atoms with Gasteiger partial charge in [-0.05, 0) is 67.1 Å². The van der Waals surface area contributed by atoms with Crippen LogP contribution in [0.1, 0.15) is 48.7 Å². The van der Waals surface area contributed by atoms with Crippen molar-refractivity contribution in [2.75, 3.05) is 6.98 Å². The second kappa shape index (κ2) is 10.7. The summed E-state index contributed by atoms with van der Waals surface area (Å²) in [6.07, 6.45) is -0.416. The van der Waals surface area contributed by atoms with Gasteiger partial charge in [-0.25, -0.2) is 14.6 Å². The zero-order chi connectivity index (χ0) is 29.2. The molecule has 14 heteroatoms. The fraction of sp³-hybridized carbons (Fsp3) is 0.500. The molecule has 1 aliphatic heterocycles. The molecule has 0 radical (unpaired) electrons. The summed E-state index contributed by atoms with van der Waals surface area (Å²) in [6, 6.07) is 3.43. The lowest BCUT2D eigenvalue weighted by molar-refractivity contribution is -0.139. The van der Waals surface area contributed by atoms with Gasteiger partial charge in [-0.1, -0.05) is 0 Å². The first-order chi connectivity index (χ1) is 18.1. The second-order valence-corrected chi connectivity index (χ2v) is 9.38. The number of hydrazone groups is 1. The SMILES string of the molecule is [2H]C([2H])([2H])NC(=O)C(=O)N[C@@H](C)CC1(C#N)CCC2(CC1)OC(=O)NN=C2c1cc(OC(F)F)c(F)cc1Br. The molecule has 1 aromatic rings. The third-order valence-electron chi connectivity index (χ3n) is 6.12. The van der Waals surface area contributed by atoms with E-state index in [9.17, 15) is 32.8 Å². The van der Waals surface area contributed by atoms with E-state index in [1.807, 2.05) is 0 Å². The third kappa shape index (κ3) is 5.72. The second-order valence-electron chi connectivity index (χ2n) is 8.52. The number of carbonyl (C=O) groups is 3. The van der Waals surface area contributed by atoms with Gasteiger partial charge in [0.15, 0.2) is 17.2 Å². The normalized spacial score (nSPS) is 25.8. The van der Waals surface area contributed by atoms with Crippen LogP contribution < -0.4 is 20.8 Å². The predicted octanol–water partition coefficient (Wildman–Crippen LogP) is 3.10. The van der Waals surface area contributed by atoms with Crippen molar-refractivity contribution in [3.05, 3.63) is 28.0 Å². The van der Waals surface area contributed by atoms with E-state index in [2.05, 4.69) is 42.6 Å². The van der Waals surface area contributed by atoms with Gasteiger partial charge in [0.2, 0.25) is 0 Å². The summed E-state index contributed by atoms with van der Waals surface area (Å²) < 4.78 is 70.8. The minimum absolute atomic E-state index is 0.0574. The lowest BCUT2D eigenvalue weighted by atomic mass is 9.65. The van der Waals surface area contributed by atoms with E-state index in [4.69, 9.17) is 8.85 Å². The Labute approximate surface area is 216 Å². The molecule has 10 nitrogen and oxygen atoms in total. The highest BCUT2D eigenvalue weighted by molar-refractivity contribution is 9.10. The average Bonchev–Trinajstić information content (AvgIpc) is 2.81. The van der Waals surface area contributed by atoms with Crippen LogP contribution in [0.2, 0.25) is 0 Å². The zero-order valence-corrected chi connectivity index (χ0v) is 20.4. The number of hydrogen-bond acceptors (Lipinski definition) is 7. The van der Waals surface area contributed by atoms with Crippen molar-refractivity contribution >= 4 is 39.5 Å². The quantitative estimate of drug-likeness (QED) is 0.444. The van der Waals surface area contributed by atoms with Crippen LogP contribution in [0.3, 0.4) is 0 Å². The van der Waals surface area contributed by atoms with Crippen molar-refractivity contribution in [3.63, 3.8) is 0 Å². The van der Waals surface area contributed by atoms with Crippen LogP contribution in [0, 0.1) is 22.6 Å². The molecular weight excluding hydrogens is 551 g/mol. The van der Waals surface area contributed by atoms with Crippen LogP contribution >= 0.6 is 15.9 Å². The Morgan fingerprint density at radius 2 is 2.06 bits per heavy atom. The molecule has 0 saturated heterocycles. The van der Waals surface area contributed by atoms with E-state index in [0.29, 0.717) is 0 Å². The first-order valence-corrected chi connectivity index (χ1v) is 11.4. The number of likely N-dealkylation sites (N-methyl/N-ethyl adjacent to an activating group) is 1. The van der Waals surface area contributed by atoms with Crippen LogP contribution in [-0.2, 0) is 14.3 Å².